The second-order valence-electron chi connectivity index (χ2n) is 14.5. The van der Waals surface area contributed by atoms with Gasteiger partial charge in [-0.15, -0.1) is 0 Å². The van der Waals surface area contributed by atoms with Crippen molar-refractivity contribution < 1.29 is 68.4 Å². The highest BCUT2D eigenvalue weighted by Gasteiger charge is 2.44. The molecule has 3 rings (SSSR count). The van der Waals surface area contributed by atoms with E-state index in [0.29, 0.717) is 37.8 Å². The molecule has 9 N–H and O–H groups in total. The Morgan fingerprint density at radius 2 is 1.71 bits per heavy atom. The van der Waals surface area contributed by atoms with E-state index in [9.17, 15) is 44.7 Å². The molecule has 1 aliphatic carbocycles. The maximum absolute atomic E-state index is 13.9. The van der Waals surface area contributed by atoms with Gasteiger partial charge in [-0.25, -0.2) is 4.79 Å². The Hall–Kier alpha value is -3.78. The molecule has 3 aliphatic rings. The number of hydrogen-bond acceptors (Lipinski definition) is 15. The number of carbonyl (C=O) groups excluding carboxylic acids is 4. The SMILES string of the molecule is COC1/C=C\C=C(/C)C(=O)NC2=CC(=O)C(NCCCCCOC3OC(CO)C(O)C(O)C3O)=C(C[C@@H](C)C[C@H](OC)[C@H](O)C(C)/C=C(\C)[C@@H]1OC(N)=O)C2=O. The number of primary amides is 1. The molecule has 11 atom stereocenters. The fourth-order valence-corrected chi connectivity index (χ4v) is 6.80. The van der Waals surface area contributed by atoms with Crippen LogP contribution in [0.25, 0.3) is 0 Å². The molecule has 0 radical (unpaired) electrons. The van der Waals surface area contributed by atoms with Gasteiger partial charge in [-0.05, 0) is 57.4 Å². The molecule has 2 bridgehead atoms. The summed E-state index contributed by atoms with van der Waals surface area (Å²) < 4.78 is 27.6. The van der Waals surface area contributed by atoms with Crippen molar-refractivity contribution in [2.45, 2.75) is 115 Å². The summed E-state index contributed by atoms with van der Waals surface area (Å²) in [7, 11) is 2.88. The number of rotatable bonds is 12. The molecular formula is C39H59N3O14. The predicted octanol–water partition coefficient (Wildman–Crippen LogP) is 0.338. The summed E-state index contributed by atoms with van der Waals surface area (Å²) in [5.41, 5.74) is 6.22. The molecule has 7 unspecified atom stereocenters. The highest BCUT2D eigenvalue weighted by molar-refractivity contribution is 6.23. The summed E-state index contributed by atoms with van der Waals surface area (Å²) in [5, 5.41) is 56.5. The molecule has 0 aromatic rings. The van der Waals surface area contributed by atoms with Crippen molar-refractivity contribution in [2.75, 3.05) is 34.0 Å². The van der Waals surface area contributed by atoms with E-state index in [1.807, 2.05) is 6.92 Å². The molecule has 17 nitrogen and oxygen atoms in total. The third-order valence-electron chi connectivity index (χ3n) is 10.0. The van der Waals surface area contributed by atoms with Crippen LogP contribution in [0.1, 0.15) is 59.8 Å². The van der Waals surface area contributed by atoms with Gasteiger partial charge in [0, 0.05) is 50.5 Å². The van der Waals surface area contributed by atoms with E-state index in [2.05, 4.69) is 10.6 Å². The first-order valence-corrected chi connectivity index (χ1v) is 18.8. The van der Waals surface area contributed by atoms with Crippen LogP contribution in [0.3, 0.4) is 0 Å². The first-order chi connectivity index (χ1) is 26.5. The number of nitrogens with two attached hydrogens (primary N) is 1. The number of aliphatic hydroxyl groups is 5. The second-order valence-corrected chi connectivity index (χ2v) is 14.5. The molecule has 1 fully saturated rings. The summed E-state index contributed by atoms with van der Waals surface area (Å²) in [4.78, 5) is 52.5. The number of Topliss-reactive ketones (excluding diaryl/α,β-unsaturated/α-hetero) is 1. The number of ketones is 2. The Morgan fingerprint density at radius 1 is 1.00 bits per heavy atom. The molecular weight excluding hydrogens is 734 g/mol. The van der Waals surface area contributed by atoms with Gasteiger partial charge in [0.2, 0.25) is 11.6 Å². The summed E-state index contributed by atoms with van der Waals surface area (Å²) >= 11 is 0. The van der Waals surface area contributed by atoms with Crippen LogP contribution < -0.4 is 16.4 Å². The van der Waals surface area contributed by atoms with Crippen LogP contribution >= 0.6 is 0 Å². The van der Waals surface area contributed by atoms with Crippen molar-refractivity contribution in [3.8, 4) is 0 Å². The number of ether oxygens (including phenoxy) is 5. The number of unbranched alkanes of at least 4 members (excludes halogenated alkanes) is 2. The van der Waals surface area contributed by atoms with E-state index in [4.69, 9.17) is 29.4 Å². The van der Waals surface area contributed by atoms with Crippen LogP contribution in [0, 0.1) is 11.8 Å². The quantitative estimate of drug-likeness (QED) is 0.0753. The Balaban J connectivity index is 1.81. The van der Waals surface area contributed by atoms with Crippen molar-refractivity contribution in [2.24, 2.45) is 17.6 Å². The van der Waals surface area contributed by atoms with Gasteiger partial charge in [-0.3, -0.25) is 14.4 Å². The lowest BCUT2D eigenvalue weighted by Gasteiger charge is -2.39. The van der Waals surface area contributed by atoms with Gasteiger partial charge < -0.3 is 65.6 Å². The minimum Gasteiger partial charge on any atom is -0.439 e. The number of allylic oxidation sites excluding steroid dienone is 4. The molecule has 0 aromatic heterocycles. The van der Waals surface area contributed by atoms with Crippen molar-refractivity contribution in [3.63, 3.8) is 0 Å². The van der Waals surface area contributed by atoms with Crippen LogP contribution in [-0.2, 0) is 38.1 Å². The lowest BCUT2D eigenvalue weighted by Crippen LogP contribution is -2.59. The van der Waals surface area contributed by atoms with E-state index in [1.165, 1.54) is 33.3 Å². The minimum absolute atomic E-state index is 0.103. The molecule has 2 amide bonds. The topological polar surface area (TPSA) is 266 Å². The zero-order chi connectivity index (χ0) is 41.7. The molecule has 2 heterocycles. The summed E-state index contributed by atoms with van der Waals surface area (Å²) in [6.07, 6.45) is -1.90. The third-order valence-corrected chi connectivity index (χ3v) is 10.0. The fraction of sp³-hybridized carbons (Fsp3) is 0.641. The summed E-state index contributed by atoms with van der Waals surface area (Å²) in [6.45, 7) is 6.76. The highest BCUT2D eigenvalue weighted by atomic mass is 16.7. The average molecular weight is 794 g/mol. The van der Waals surface area contributed by atoms with E-state index in [1.54, 1.807) is 26.0 Å². The Morgan fingerprint density at radius 3 is 2.36 bits per heavy atom. The van der Waals surface area contributed by atoms with Gasteiger partial charge in [-0.2, -0.15) is 0 Å². The molecule has 0 saturated carbocycles. The standard InChI is InChI=1S/C39H59N3O14/c1-20-15-24-30(41-13-8-7-9-14-54-38-35(49)34(48)33(47)29(19-43)55-38)26(44)18-25(32(24)46)42-37(50)21(2)11-10-12-27(52-5)36(56-39(40)51)23(4)17-22(3)31(45)28(16-20)53-6/h10-12,17-18,20,22,27-29,31,33-36,38,41,43,45,47-49H,7-9,13-16,19H2,1-6H3,(H2,40,51)(H,42,50)/b12-10-,21-11+,23-17+/t20-,22?,27?,28+,29?,31-,33?,34?,35?,36+,38?/m1/s1. The number of aliphatic hydroxyl groups excluding tert-OH is 5. The minimum atomic E-state index is -1.54. The number of fused-ring (bicyclic) bond motifs is 2. The molecule has 1 saturated heterocycles. The smallest absolute Gasteiger partial charge is 0.405 e. The Bertz CT molecular complexity index is 1540. The first-order valence-electron chi connectivity index (χ1n) is 18.8. The van der Waals surface area contributed by atoms with Crippen molar-refractivity contribution >= 4 is 23.6 Å². The van der Waals surface area contributed by atoms with E-state index < -0.39 is 91.2 Å². The lowest BCUT2D eigenvalue weighted by atomic mass is 9.85. The second kappa shape index (κ2) is 22.2. The van der Waals surface area contributed by atoms with Gasteiger partial charge in [0.1, 0.15) is 30.5 Å². The molecule has 0 aromatic carbocycles. The van der Waals surface area contributed by atoms with Gasteiger partial charge in [0.05, 0.1) is 30.2 Å². The van der Waals surface area contributed by atoms with Crippen LogP contribution in [0.2, 0.25) is 0 Å². The maximum atomic E-state index is 13.9. The first kappa shape index (κ1) is 46.6. The monoisotopic (exact) mass is 793 g/mol. The lowest BCUT2D eigenvalue weighted by molar-refractivity contribution is -0.301. The summed E-state index contributed by atoms with van der Waals surface area (Å²) in [5.74, 6) is -2.44. The van der Waals surface area contributed by atoms with E-state index >= 15 is 0 Å². The van der Waals surface area contributed by atoms with Gasteiger partial charge in [0.15, 0.2) is 12.4 Å². The number of carbonyl (C=O) groups is 4. The van der Waals surface area contributed by atoms with E-state index in [-0.39, 0.29) is 41.5 Å². The van der Waals surface area contributed by atoms with Gasteiger partial charge >= 0.3 is 6.09 Å². The summed E-state index contributed by atoms with van der Waals surface area (Å²) in [6, 6.07) is 0. The molecule has 2 aliphatic heterocycles. The Labute approximate surface area is 327 Å². The van der Waals surface area contributed by atoms with Crippen LogP contribution in [0.4, 0.5) is 4.79 Å². The third kappa shape index (κ3) is 12.6. The van der Waals surface area contributed by atoms with Crippen LogP contribution in [0.5, 0.6) is 0 Å². The van der Waals surface area contributed by atoms with Crippen molar-refractivity contribution in [3.05, 3.63) is 58.5 Å². The normalized spacial score (nSPS) is 35.1. The molecule has 56 heavy (non-hydrogen) atoms. The van der Waals surface area contributed by atoms with Gasteiger partial charge in [-0.1, -0.05) is 38.2 Å². The zero-order valence-electron chi connectivity index (χ0n) is 32.9. The maximum Gasteiger partial charge on any atom is 0.405 e. The number of methoxy groups -OCH3 is 2. The molecule has 0 spiro atoms. The molecule has 314 valence electrons. The average Bonchev–Trinajstić information content (AvgIpc) is 3.16. The number of hydrogen-bond donors (Lipinski definition) is 8. The highest BCUT2D eigenvalue weighted by Crippen LogP contribution is 2.29. The van der Waals surface area contributed by atoms with Crippen molar-refractivity contribution in [1.29, 1.82) is 0 Å². The number of nitrogens with one attached hydrogen (secondary N) is 2. The van der Waals surface area contributed by atoms with Crippen LogP contribution in [-0.4, -0.2) is 138 Å². The fourth-order valence-electron chi connectivity index (χ4n) is 6.80. The largest absolute Gasteiger partial charge is 0.439 e. The Kier molecular flexibility index (Phi) is 18.5. The predicted molar refractivity (Wildman–Crippen MR) is 201 cm³/mol. The van der Waals surface area contributed by atoms with Crippen LogP contribution in [0.15, 0.2) is 58.5 Å². The van der Waals surface area contributed by atoms with Crippen molar-refractivity contribution in [1.82, 2.24) is 10.6 Å². The van der Waals surface area contributed by atoms with Gasteiger partial charge in [0.25, 0.3) is 5.91 Å². The molecule has 17 heteroatoms. The number of amides is 2. The van der Waals surface area contributed by atoms with E-state index in [0.717, 1.165) is 6.08 Å². The zero-order valence-corrected chi connectivity index (χ0v) is 32.9.